The molecule has 134 valence electrons. The second-order valence-electron chi connectivity index (χ2n) is 5.65. The molecule has 2 aromatic carbocycles. The molecule has 0 bridgehead atoms. The lowest BCUT2D eigenvalue weighted by Gasteiger charge is -2.09. The van der Waals surface area contributed by atoms with E-state index in [4.69, 9.17) is 0 Å². The van der Waals surface area contributed by atoms with Crippen molar-refractivity contribution in [3.63, 3.8) is 0 Å². The summed E-state index contributed by atoms with van der Waals surface area (Å²) >= 11 is 0. The van der Waals surface area contributed by atoms with Crippen LogP contribution in [-0.2, 0) is 6.54 Å². The molecule has 7 heteroatoms. The van der Waals surface area contributed by atoms with Crippen LogP contribution in [0.2, 0.25) is 0 Å². The molecule has 0 unspecified atom stereocenters. The highest BCUT2D eigenvalue weighted by molar-refractivity contribution is 6.05. The van der Waals surface area contributed by atoms with Crippen molar-refractivity contribution in [1.82, 2.24) is 9.78 Å². The zero-order valence-corrected chi connectivity index (χ0v) is 14.0. The Hall–Kier alpha value is -3.22. The molecule has 0 aliphatic heterocycles. The predicted molar refractivity (Wildman–Crippen MR) is 93.5 cm³/mol. The van der Waals surface area contributed by atoms with Gasteiger partial charge in [0, 0.05) is 12.3 Å². The minimum absolute atomic E-state index is 0.0150. The van der Waals surface area contributed by atoms with Crippen molar-refractivity contribution in [3.8, 4) is 5.75 Å². The minimum atomic E-state index is -3.00. The molecule has 1 N–H and O–H groups in total. The molecule has 0 radical (unpaired) electrons. The lowest BCUT2D eigenvalue weighted by atomic mass is 10.1. The SMILES string of the molecule is Cc1ccccc1Cn1ccc(NC(=O)c2ccccc2OC(F)F)n1. The van der Waals surface area contributed by atoms with Crippen LogP contribution in [0.25, 0.3) is 0 Å². The van der Waals surface area contributed by atoms with Gasteiger partial charge in [-0.15, -0.1) is 0 Å². The Morgan fingerprint density at radius 1 is 1.15 bits per heavy atom. The third-order valence-corrected chi connectivity index (χ3v) is 3.82. The normalized spacial score (nSPS) is 10.8. The fraction of sp³-hybridized carbons (Fsp3) is 0.158. The van der Waals surface area contributed by atoms with E-state index >= 15 is 0 Å². The van der Waals surface area contributed by atoms with Gasteiger partial charge in [-0.1, -0.05) is 36.4 Å². The van der Waals surface area contributed by atoms with E-state index in [-0.39, 0.29) is 11.3 Å². The van der Waals surface area contributed by atoms with Crippen molar-refractivity contribution >= 4 is 11.7 Å². The maximum absolute atomic E-state index is 12.5. The molecule has 1 heterocycles. The van der Waals surface area contributed by atoms with Gasteiger partial charge < -0.3 is 10.1 Å². The number of halogens is 2. The standard InChI is InChI=1S/C19H17F2N3O2/c1-13-6-2-3-7-14(13)12-24-11-10-17(23-24)22-18(25)15-8-4-5-9-16(15)26-19(20)21/h2-11,19H,12H2,1H3,(H,22,23,25). The van der Waals surface area contributed by atoms with Crippen molar-refractivity contribution in [3.05, 3.63) is 77.5 Å². The van der Waals surface area contributed by atoms with Crippen molar-refractivity contribution in [2.45, 2.75) is 20.1 Å². The monoisotopic (exact) mass is 357 g/mol. The second-order valence-corrected chi connectivity index (χ2v) is 5.65. The zero-order valence-electron chi connectivity index (χ0n) is 14.0. The highest BCUT2D eigenvalue weighted by Gasteiger charge is 2.16. The Labute approximate surface area is 149 Å². The van der Waals surface area contributed by atoms with E-state index in [1.54, 1.807) is 23.0 Å². The summed E-state index contributed by atoms with van der Waals surface area (Å²) in [5.41, 5.74) is 2.28. The molecule has 0 atom stereocenters. The fourth-order valence-corrected chi connectivity index (χ4v) is 2.52. The van der Waals surface area contributed by atoms with Gasteiger partial charge in [-0.3, -0.25) is 9.48 Å². The molecular formula is C19H17F2N3O2. The van der Waals surface area contributed by atoms with Crippen molar-refractivity contribution in [2.75, 3.05) is 5.32 Å². The Bertz CT molecular complexity index is 909. The van der Waals surface area contributed by atoms with Crippen LogP contribution in [0.15, 0.2) is 60.8 Å². The average Bonchev–Trinajstić information content (AvgIpc) is 3.04. The number of hydrogen-bond acceptors (Lipinski definition) is 3. The number of aryl methyl sites for hydroxylation is 1. The first-order chi connectivity index (χ1) is 12.5. The van der Waals surface area contributed by atoms with Crippen LogP contribution in [0.4, 0.5) is 14.6 Å². The topological polar surface area (TPSA) is 56.2 Å². The number of carbonyl (C=O) groups is 1. The molecule has 0 saturated heterocycles. The third kappa shape index (κ3) is 4.24. The molecule has 0 fully saturated rings. The molecule has 0 saturated carbocycles. The van der Waals surface area contributed by atoms with Gasteiger partial charge in [0.25, 0.3) is 5.91 Å². The van der Waals surface area contributed by atoms with Gasteiger partial charge in [0.15, 0.2) is 5.82 Å². The number of carbonyl (C=O) groups excluding carboxylic acids is 1. The van der Waals surface area contributed by atoms with E-state index in [9.17, 15) is 13.6 Å². The number of benzene rings is 2. The predicted octanol–water partition coefficient (Wildman–Crippen LogP) is 4.09. The maximum Gasteiger partial charge on any atom is 0.387 e. The first-order valence-electron chi connectivity index (χ1n) is 7.96. The number of aromatic nitrogens is 2. The summed E-state index contributed by atoms with van der Waals surface area (Å²) in [6.45, 7) is -0.424. The molecule has 0 aliphatic carbocycles. The lowest BCUT2D eigenvalue weighted by Crippen LogP contribution is -2.15. The minimum Gasteiger partial charge on any atom is -0.434 e. The number of para-hydroxylation sites is 1. The van der Waals surface area contributed by atoms with E-state index in [1.807, 2.05) is 31.2 Å². The van der Waals surface area contributed by atoms with Crippen LogP contribution in [0, 0.1) is 6.92 Å². The number of anilines is 1. The van der Waals surface area contributed by atoms with E-state index in [0.29, 0.717) is 12.4 Å². The van der Waals surface area contributed by atoms with E-state index in [1.165, 1.54) is 18.2 Å². The van der Waals surface area contributed by atoms with Crippen molar-refractivity contribution in [1.29, 1.82) is 0 Å². The van der Waals surface area contributed by atoms with E-state index < -0.39 is 12.5 Å². The fourth-order valence-electron chi connectivity index (χ4n) is 2.52. The van der Waals surface area contributed by atoms with Crippen LogP contribution in [0.5, 0.6) is 5.75 Å². The molecule has 3 rings (SSSR count). The quantitative estimate of drug-likeness (QED) is 0.723. The van der Waals surface area contributed by atoms with Crippen LogP contribution >= 0.6 is 0 Å². The number of nitrogens with one attached hydrogen (secondary N) is 1. The summed E-state index contributed by atoms with van der Waals surface area (Å²) in [6.07, 6.45) is 1.74. The third-order valence-electron chi connectivity index (χ3n) is 3.82. The first-order valence-corrected chi connectivity index (χ1v) is 7.96. The molecule has 3 aromatic rings. The highest BCUT2D eigenvalue weighted by Crippen LogP contribution is 2.21. The van der Waals surface area contributed by atoms with Crippen LogP contribution < -0.4 is 10.1 Å². The van der Waals surface area contributed by atoms with Gasteiger partial charge in [-0.05, 0) is 30.2 Å². The van der Waals surface area contributed by atoms with Gasteiger partial charge in [-0.25, -0.2) is 0 Å². The molecule has 0 aliphatic rings. The summed E-state index contributed by atoms with van der Waals surface area (Å²) in [6, 6.07) is 15.4. The number of rotatable bonds is 6. The molecule has 26 heavy (non-hydrogen) atoms. The summed E-state index contributed by atoms with van der Waals surface area (Å²) in [7, 11) is 0. The number of nitrogens with zero attached hydrogens (tertiary/aromatic N) is 2. The number of hydrogen-bond donors (Lipinski definition) is 1. The lowest BCUT2D eigenvalue weighted by molar-refractivity contribution is -0.0501. The van der Waals surface area contributed by atoms with E-state index in [0.717, 1.165) is 11.1 Å². The highest BCUT2D eigenvalue weighted by atomic mass is 19.3. The molecule has 1 amide bonds. The number of ether oxygens (including phenoxy) is 1. The second kappa shape index (κ2) is 7.77. The Balaban J connectivity index is 1.71. The van der Waals surface area contributed by atoms with Gasteiger partial charge >= 0.3 is 6.61 Å². The van der Waals surface area contributed by atoms with Crippen molar-refractivity contribution in [2.24, 2.45) is 0 Å². The largest absolute Gasteiger partial charge is 0.434 e. The summed E-state index contributed by atoms with van der Waals surface area (Å²) in [4.78, 5) is 12.4. The zero-order chi connectivity index (χ0) is 18.5. The maximum atomic E-state index is 12.5. The van der Waals surface area contributed by atoms with Gasteiger partial charge in [0.1, 0.15) is 5.75 Å². The van der Waals surface area contributed by atoms with Crippen LogP contribution in [0.3, 0.4) is 0 Å². The number of amides is 1. The Morgan fingerprint density at radius 2 is 1.88 bits per heavy atom. The van der Waals surface area contributed by atoms with E-state index in [2.05, 4.69) is 15.2 Å². The molecule has 0 spiro atoms. The smallest absolute Gasteiger partial charge is 0.387 e. The van der Waals surface area contributed by atoms with Gasteiger partial charge in [0.05, 0.1) is 12.1 Å². The molecule has 1 aromatic heterocycles. The molecular weight excluding hydrogens is 340 g/mol. The van der Waals surface area contributed by atoms with Crippen molar-refractivity contribution < 1.29 is 18.3 Å². The molecule has 5 nitrogen and oxygen atoms in total. The summed E-state index contributed by atoms with van der Waals surface area (Å²) in [5, 5.41) is 6.90. The van der Waals surface area contributed by atoms with Crippen LogP contribution in [-0.4, -0.2) is 22.3 Å². The first kappa shape index (κ1) is 17.6. The summed E-state index contributed by atoms with van der Waals surface area (Å²) < 4.78 is 31.0. The van der Waals surface area contributed by atoms with Gasteiger partial charge in [-0.2, -0.15) is 13.9 Å². The van der Waals surface area contributed by atoms with Gasteiger partial charge in [0.2, 0.25) is 0 Å². The average molecular weight is 357 g/mol. The summed E-state index contributed by atoms with van der Waals surface area (Å²) in [5.74, 6) is -0.419. The van der Waals surface area contributed by atoms with Crippen LogP contribution in [0.1, 0.15) is 21.5 Å². The number of alkyl halides is 2. The Kier molecular flexibility index (Phi) is 5.26. The Morgan fingerprint density at radius 3 is 2.65 bits per heavy atom.